The van der Waals surface area contributed by atoms with E-state index >= 15 is 0 Å². The number of hydrogen-bond donors (Lipinski definition) is 1. The molecule has 2 bridgehead atoms. The van der Waals surface area contributed by atoms with Crippen LogP contribution in [-0.2, 0) is 11.3 Å². The van der Waals surface area contributed by atoms with Gasteiger partial charge >= 0.3 is 0 Å². The fourth-order valence-electron chi connectivity index (χ4n) is 4.06. The molecule has 1 amide bonds. The summed E-state index contributed by atoms with van der Waals surface area (Å²) in [6.45, 7) is 2.22. The highest BCUT2D eigenvalue weighted by Crippen LogP contribution is 2.49. The zero-order valence-electron chi connectivity index (χ0n) is 11.9. The molecule has 2 fully saturated rings. The van der Waals surface area contributed by atoms with Gasteiger partial charge in [-0.25, -0.2) is 0 Å². The van der Waals surface area contributed by atoms with Crippen molar-refractivity contribution in [2.75, 3.05) is 0 Å². The minimum Gasteiger partial charge on any atom is -0.352 e. The summed E-state index contributed by atoms with van der Waals surface area (Å²) in [5.74, 6) is 2.26. The van der Waals surface area contributed by atoms with Gasteiger partial charge < -0.3 is 9.88 Å². The largest absolute Gasteiger partial charge is 0.352 e. The first kappa shape index (κ1) is 13.4. The zero-order chi connectivity index (χ0) is 14.1. The standard InChI is InChI=1S/C16H22N2O2/c1-11(14-9-12-5-6-13(14)8-12)17-15(19)10-18-7-3-2-4-16(18)20/h2-4,7,11-14H,5-6,8-10H2,1H3,(H,17,19)/t11-,12+,13+,14-/m1/s1. The van der Waals surface area contributed by atoms with E-state index in [-0.39, 0.29) is 24.1 Å². The van der Waals surface area contributed by atoms with Gasteiger partial charge in [0.05, 0.1) is 0 Å². The number of amides is 1. The van der Waals surface area contributed by atoms with Crippen molar-refractivity contribution >= 4 is 5.91 Å². The molecule has 1 N–H and O–H groups in total. The number of nitrogens with zero attached hydrogens (tertiary/aromatic N) is 1. The van der Waals surface area contributed by atoms with Crippen molar-refractivity contribution in [3.8, 4) is 0 Å². The molecule has 1 heterocycles. The van der Waals surface area contributed by atoms with Crippen molar-refractivity contribution in [1.29, 1.82) is 0 Å². The Morgan fingerprint density at radius 3 is 2.90 bits per heavy atom. The first-order chi connectivity index (χ1) is 9.63. The summed E-state index contributed by atoms with van der Waals surface area (Å²) in [4.78, 5) is 23.7. The molecule has 4 nitrogen and oxygen atoms in total. The Morgan fingerprint density at radius 2 is 2.25 bits per heavy atom. The van der Waals surface area contributed by atoms with Gasteiger partial charge in [-0.2, -0.15) is 0 Å². The summed E-state index contributed by atoms with van der Waals surface area (Å²) in [5, 5.41) is 3.08. The van der Waals surface area contributed by atoms with E-state index in [1.165, 1.54) is 36.3 Å². The molecule has 20 heavy (non-hydrogen) atoms. The maximum atomic E-state index is 12.1. The normalized spacial score (nSPS) is 29.4. The first-order valence-corrected chi connectivity index (χ1v) is 7.58. The molecule has 0 saturated heterocycles. The molecule has 0 aliphatic heterocycles. The van der Waals surface area contributed by atoms with Crippen LogP contribution in [0.5, 0.6) is 0 Å². The number of carbonyl (C=O) groups excluding carboxylic acids is 1. The predicted molar refractivity (Wildman–Crippen MR) is 77.2 cm³/mol. The smallest absolute Gasteiger partial charge is 0.250 e. The van der Waals surface area contributed by atoms with Crippen LogP contribution in [0.3, 0.4) is 0 Å². The highest BCUT2D eigenvalue weighted by atomic mass is 16.2. The second kappa shape index (κ2) is 5.43. The van der Waals surface area contributed by atoms with Crippen LogP contribution in [0.15, 0.2) is 29.2 Å². The summed E-state index contributed by atoms with van der Waals surface area (Å²) in [7, 11) is 0. The van der Waals surface area contributed by atoms with Gasteiger partial charge in [-0.1, -0.05) is 12.5 Å². The van der Waals surface area contributed by atoms with E-state index in [0.29, 0.717) is 5.92 Å². The maximum absolute atomic E-state index is 12.1. The summed E-state index contributed by atoms with van der Waals surface area (Å²) < 4.78 is 1.45. The number of nitrogens with one attached hydrogen (secondary N) is 1. The number of fused-ring (bicyclic) bond motifs is 2. The van der Waals surface area contributed by atoms with Crippen molar-refractivity contribution in [2.45, 2.75) is 45.2 Å². The first-order valence-electron chi connectivity index (χ1n) is 7.58. The maximum Gasteiger partial charge on any atom is 0.250 e. The molecule has 1 aromatic heterocycles. The van der Waals surface area contributed by atoms with Gasteiger partial charge in [0.1, 0.15) is 6.54 Å². The van der Waals surface area contributed by atoms with Crippen LogP contribution in [0.1, 0.15) is 32.6 Å². The molecule has 3 rings (SSSR count). The van der Waals surface area contributed by atoms with Gasteiger partial charge in [0, 0.05) is 18.3 Å². The molecular weight excluding hydrogens is 252 g/mol. The molecule has 0 unspecified atom stereocenters. The third kappa shape index (κ3) is 2.65. The SMILES string of the molecule is C[C@@H](NC(=O)Cn1ccccc1=O)[C@H]1C[C@H]2CC[C@H]1C2. The van der Waals surface area contributed by atoms with Crippen LogP contribution in [0, 0.1) is 17.8 Å². The van der Waals surface area contributed by atoms with Gasteiger partial charge in [0.2, 0.25) is 5.91 Å². The summed E-state index contributed by atoms with van der Waals surface area (Å²) >= 11 is 0. The topological polar surface area (TPSA) is 51.1 Å². The quantitative estimate of drug-likeness (QED) is 0.910. The highest BCUT2D eigenvalue weighted by Gasteiger charge is 2.42. The molecule has 108 valence electrons. The van der Waals surface area contributed by atoms with Crippen LogP contribution >= 0.6 is 0 Å². The number of carbonyl (C=O) groups is 1. The van der Waals surface area contributed by atoms with E-state index in [9.17, 15) is 9.59 Å². The molecule has 4 heteroatoms. The van der Waals surface area contributed by atoms with Gasteiger partial charge in [0.25, 0.3) is 5.56 Å². The second-order valence-corrected chi connectivity index (χ2v) is 6.36. The number of hydrogen-bond acceptors (Lipinski definition) is 2. The van der Waals surface area contributed by atoms with E-state index in [4.69, 9.17) is 0 Å². The summed E-state index contributed by atoms with van der Waals surface area (Å²) in [5.41, 5.74) is -0.129. The number of aromatic nitrogens is 1. The Hall–Kier alpha value is -1.58. The molecule has 0 spiro atoms. The van der Waals surface area contributed by atoms with Gasteiger partial charge in [-0.05, 0) is 50.0 Å². The Bertz CT molecular complexity index is 551. The van der Waals surface area contributed by atoms with Gasteiger partial charge in [0.15, 0.2) is 0 Å². The van der Waals surface area contributed by atoms with E-state index in [1.54, 1.807) is 18.3 Å². The third-order valence-corrected chi connectivity index (χ3v) is 5.04. The molecule has 1 aromatic rings. The minimum absolute atomic E-state index is 0.0615. The van der Waals surface area contributed by atoms with Crippen molar-refractivity contribution in [1.82, 2.24) is 9.88 Å². The molecule has 0 radical (unpaired) electrons. The molecule has 2 aliphatic carbocycles. The Labute approximate surface area is 119 Å². The molecule has 2 aliphatic rings. The fourth-order valence-corrected chi connectivity index (χ4v) is 4.06. The van der Waals surface area contributed by atoms with Crippen LogP contribution in [0.4, 0.5) is 0 Å². The predicted octanol–water partition coefficient (Wildman–Crippen LogP) is 1.79. The van der Waals surface area contributed by atoms with Crippen LogP contribution < -0.4 is 10.9 Å². The van der Waals surface area contributed by atoms with E-state index in [1.807, 2.05) is 0 Å². The van der Waals surface area contributed by atoms with Crippen LogP contribution in [0.2, 0.25) is 0 Å². The lowest BCUT2D eigenvalue weighted by molar-refractivity contribution is -0.122. The van der Waals surface area contributed by atoms with Gasteiger partial charge in [-0.3, -0.25) is 9.59 Å². The average molecular weight is 274 g/mol. The molecular formula is C16H22N2O2. The van der Waals surface area contributed by atoms with E-state index in [0.717, 1.165) is 11.8 Å². The lowest BCUT2D eigenvalue weighted by Crippen LogP contribution is -2.42. The van der Waals surface area contributed by atoms with Crippen molar-refractivity contribution in [3.63, 3.8) is 0 Å². The Balaban J connectivity index is 1.56. The fraction of sp³-hybridized carbons (Fsp3) is 0.625. The summed E-state index contributed by atoms with van der Waals surface area (Å²) in [6.07, 6.45) is 6.97. The third-order valence-electron chi connectivity index (χ3n) is 5.04. The zero-order valence-corrected chi connectivity index (χ0v) is 11.9. The Kier molecular flexibility index (Phi) is 3.64. The van der Waals surface area contributed by atoms with Crippen LogP contribution in [-0.4, -0.2) is 16.5 Å². The molecule has 2 saturated carbocycles. The van der Waals surface area contributed by atoms with Crippen molar-refractivity contribution in [2.24, 2.45) is 17.8 Å². The molecule has 0 aromatic carbocycles. The Morgan fingerprint density at radius 1 is 1.40 bits per heavy atom. The average Bonchev–Trinajstić information content (AvgIpc) is 3.03. The molecule has 4 atom stereocenters. The van der Waals surface area contributed by atoms with Crippen LogP contribution in [0.25, 0.3) is 0 Å². The highest BCUT2D eigenvalue weighted by molar-refractivity contribution is 5.76. The number of rotatable bonds is 4. The van der Waals surface area contributed by atoms with E-state index in [2.05, 4.69) is 12.2 Å². The van der Waals surface area contributed by atoms with E-state index < -0.39 is 0 Å². The lowest BCUT2D eigenvalue weighted by atomic mass is 9.84. The van der Waals surface area contributed by atoms with Gasteiger partial charge in [-0.15, -0.1) is 0 Å². The monoisotopic (exact) mass is 274 g/mol. The van der Waals surface area contributed by atoms with Crippen molar-refractivity contribution < 1.29 is 4.79 Å². The second-order valence-electron chi connectivity index (χ2n) is 6.36. The number of pyridine rings is 1. The van der Waals surface area contributed by atoms with Crippen molar-refractivity contribution in [3.05, 3.63) is 34.7 Å². The lowest BCUT2D eigenvalue weighted by Gasteiger charge is -2.28. The summed E-state index contributed by atoms with van der Waals surface area (Å²) in [6, 6.07) is 5.16. The minimum atomic E-state index is -0.129.